The fourth-order valence-electron chi connectivity index (χ4n) is 2.37. The summed E-state index contributed by atoms with van der Waals surface area (Å²) in [5.41, 5.74) is 6.87. The molecule has 1 aromatic rings. The summed E-state index contributed by atoms with van der Waals surface area (Å²) in [5, 5.41) is 2.85. The first-order chi connectivity index (χ1) is 8.95. The van der Waals surface area contributed by atoms with Gasteiger partial charge in [0.25, 0.3) is 0 Å². The minimum atomic E-state index is -0.587. The van der Waals surface area contributed by atoms with Crippen LogP contribution in [0.25, 0.3) is 0 Å². The lowest BCUT2D eigenvalue weighted by molar-refractivity contribution is -0.135. The van der Waals surface area contributed by atoms with Gasteiger partial charge in [-0.2, -0.15) is 0 Å². The van der Waals surface area contributed by atoms with Gasteiger partial charge in [0.2, 0.25) is 5.91 Å². The maximum atomic E-state index is 13.4. The van der Waals surface area contributed by atoms with Crippen molar-refractivity contribution >= 4 is 5.91 Å². The number of hydrogen-bond acceptors (Lipinski definition) is 3. The van der Waals surface area contributed by atoms with Gasteiger partial charge in [0.15, 0.2) is 0 Å². The van der Waals surface area contributed by atoms with Gasteiger partial charge in [-0.1, -0.05) is 6.07 Å². The van der Waals surface area contributed by atoms with E-state index in [1.54, 1.807) is 6.07 Å². The lowest BCUT2D eigenvalue weighted by atomic mass is 9.97. The molecule has 4 nitrogen and oxygen atoms in total. The third-order valence-corrected chi connectivity index (χ3v) is 3.76. The van der Waals surface area contributed by atoms with Crippen LogP contribution in [0.1, 0.15) is 25.0 Å². The van der Waals surface area contributed by atoms with Gasteiger partial charge < -0.3 is 11.1 Å². The van der Waals surface area contributed by atoms with Crippen LogP contribution in [0.2, 0.25) is 0 Å². The highest BCUT2D eigenvalue weighted by Crippen LogP contribution is 2.22. The summed E-state index contributed by atoms with van der Waals surface area (Å²) < 4.78 is 13.4. The highest BCUT2D eigenvalue weighted by atomic mass is 19.1. The Morgan fingerprint density at radius 3 is 2.84 bits per heavy atom. The van der Waals surface area contributed by atoms with Crippen molar-refractivity contribution in [2.45, 2.75) is 32.5 Å². The number of benzene rings is 1. The van der Waals surface area contributed by atoms with Crippen molar-refractivity contribution in [1.29, 1.82) is 0 Å². The molecule has 1 aromatic carbocycles. The predicted molar refractivity (Wildman–Crippen MR) is 71.8 cm³/mol. The van der Waals surface area contributed by atoms with E-state index < -0.39 is 5.54 Å². The van der Waals surface area contributed by atoms with E-state index in [4.69, 9.17) is 5.73 Å². The number of nitrogens with two attached hydrogens (primary N) is 1. The molecule has 0 aliphatic carbocycles. The van der Waals surface area contributed by atoms with Gasteiger partial charge in [0.05, 0.1) is 5.54 Å². The third kappa shape index (κ3) is 2.77. The molecule has 0 aromatic heterocycles. The largest absolute Gasteiger partial charge is 0.353 e. The van der Waals surface area contributed by atoms with Crippen LogP contribution in [0, 0.1) is 5.82 Å². The minimum Gasteiger partial charge on any atom is -0.353 e. The fourth-order valence-corrected chi connectivity index (χ4v) is 2.37. The smallest absolute Gasteiger partial charge is 0.240 e. The van der Waals surface area contributed by atoms with Crippen LogP contribution in [-0.4, -0.2) is 29.4 Å². The zero-order valence-corrected chi connectivity index (χ0v) is 11.4. The number of amides is 1. The maximum absolute atomic E-state index is 13.4. The molecule has 104 valence electrons. The molecule has 0 unspecified atom stereocenters. The highest BCUT2D eigenvalue weighted by Gasteiger charge is 2.37. The zero-order chi connectivity index (χ0) is 14.0. The number of piperazine rings is 1. The first kappa shape index (κ1) is 14.0. The van der Waals surface area contributed by atoms with Crippen LogP contribution in [-0.2, 0) is 17.9 Å². The number of carbonyl (C=O) groups is 1. The second-order valence-corrected chi connectivity index (χ2v) is 5.35. The van der Waals surface area contributed by atoms with E-state index in [2.05, 4.69) is 10.2 Å². The molecule has 0 radical (unpaired) electrons. The minimum absolute atomic E-state index is 0.00412. The van der Waals surface area contributed by atoms with E-state index in [0.29, 0.717) is 19.6 Å². The van der Waals surface area contributed by atoms with Crippen LogP contribution in [0.15, 0.2) is 18.2 Å². The van der Waals surface area contributed by atoms with Gasteiger partial charge in [-0.3, -0.25) is 9.69 Å². The number of hydrogen-bond donors (Lipinski definition) is 2. The van der Waals surface area contributed by atoms with Gasteiger partial charge in [-0.05, 0) is 37.1 Å². The van der Waals surface area contributed by atoms with E-state index >= 15 is 0 Å². The summed E-state index contributed by atoms with van der Waals surface area (Å²) in [4.78, 5) is 13.9. The second-order valence-electron chi connectivity index (χ2n) is 5.35. The molecule has 1 aliphatic heterocycles. The number of halogens is 1. The molecule has 2 rings (SSSR count). The molecule has 1 saturated heterocycles. The molecule has 1 heterocycles. The molecule has 0 bridgehead atoms. The SMILES string of the molecule is CC1(C)C(=O)NCCN1Cc1cc(F)ccc1CN. The van der Waals surface area contributed by atoms with Gasteiger partial charge >= 0.3 is 0 Å². The topological polar surface area (TPSA) is 58.4 Å². The fraction of sp³-hybridized carbons (Fsp3) is 0.500. The number of rotatable bonds is 3. The van der Waals surface area contributed by atoms with Gasteiger partial charge in [0.1, 0.15) is 5.82 Å². The Kier molecular flexibility index (Phi) is 3.87. The molecule has 0 atom stereocenters. The number of nitrogens with one attached hydrogen (secondary N) is 1. The Morgan fingerprint density at radius 1 is 1.42 bits per heavy atom. The molecule has 1 aliphatic rings. The van der Waals surface area contributed by atoms with Crippen LogP contribution in [0.5, 0.6) is 0 Å². The summed E-state index contributed by atoms with van der Waals surface area (Å²) in [6.07, 6.45) is 0. The average molecular weight is 265 g/mol. The lowest BCUT2D eigenvalue weighted by Crippen LogP contribution is -2.61. The first-order valence-corrected chi connectivity index (χ1v) is 6.46. The molecule has 0 saturated carbocycles. The van der Waals surface area contributed by atoms with Crippen molar-refractivity contribution in [2.24, 2.45) is 5.73 Å². The lowest BCUT2D eigenvalue weighted by Gasteiger charge is -2.41. The number of carbonyl (C=O) groups excluding carboxylic acids is 1. The Hall–Kier alpha value is -1.46. The molecule has 1 fully saturated rings. The van der Waals surface area contributed by atoms with Crippen LogP contribution < -0.4 is 11.1 Å². The molecule has 0 spiro atoms. The first-order valence-electron chi connectivity index (χ1n) is 6.46. The zero-order valence-electron chi connectivity index (χ0n) is 11.4. The Balaban J connectivity index is 2.25. The normalized spacial score (nSPS) is 19.3. The average Bonchev–Trinajstić information content (AvgIpc) is 2.36. The Labute approximate surface area is 112 Å². The van der Waals surface area contributed by atoms with Gasteiger partial charge in [0, 0.05) is 26.2 Å². The van der Waals surface area contributed by atoms with Crippen molar-refractivity contribution in [2.75, 3.05) is 13.1 Å². The van der Waals surface area contributed by atoms with E-state index in [1.807, 2.05) is 13.8 Å². The second kappa shape index (κ2) is 5.27. The van der Waals surface area contributed by atoms with E-state index in [0.717, 1.165) is 17.7 Å². The molecular weight excluding hydrogens is 245 g/mol. The summed E-state index contributed by atoms with van der Waals surface area (Å²) in [6, 6.07) is 4.63. The maximum Gasteiger partial charge on any atom is 0.240 e. The van der Waals surface area contributed by atoms with Crippen molar-refractivity contribution in [3.63, 3.8) is 0 Å². The van der Waals surface area contributed by atoms with E-state index in [1.165, 1.54) is 12.1 Å². The summed E-state index contributed by atoms with van der Waals surface area (Å²) in [7, 11) is 0. The summed E-state index contributed by atoms with van der Waals surface area (Å²) in [5.74, 6) is -0.268. The van der Waals surface area contributed by atoms with E-state index in [-0.39, 0.29) is 11.7 Å². The standard InChI is InChI=1S/C14H20FN3O/c1-14(2)13(19)17-5-6-18(14)9-11-7-12(15)4-3-10(11)8-16/h3-4,7H,5-6,8-9,16H2,1-2H3,(H,17,19). The van der Waals surface area contributed by atoms with E-state index in [9.17, 15) is 9.18 Å². The summed E-state index contributed by atoms with van der Waals surface area (Å²) in [6.45, 7) is 6.03. The molecule has 5 heteroatoms. The Morgan fingerprint density at radius 2 is 2.16 bits per heavy atom. The Bertz CT molecular complexity index is 488. The molecule has 3 N–H and O–H groups in total. The number of nitrogens with zero attached hydrogens (tertiary/aromatic N) is 1. The van der Waals surface area contributed by atoms with Crippen LogP contribution in [0.3, 0.4) is 0 Å². The van der Waals surface area contributed by atoms with Crippen molar-refractivity contribution in [1.82, 2.24) is 10.2 Å². The highest BCUT2D eigenvalue weighted by molar-refractivity contribution is 5.86. The quantitative estimate of drug-likeness (QED) is 0.857. The van der Waals surface area contributed by atoms with Crippen molar-refractivity contribution < 1.29 is 9.18 Å². The summed E-state index contributed by atoms with van der Waals surface area (Å²) >= 11 is 0. The molecular formula is C14H20FN3O. The van der Waals surface area contributed by atoms with Gasteiger partial charge in [-0.15, -0.1) is 0 Å². The van der Waals surface area contributed by atoms with Crippen LogP contribution in [0.4, 0.5) is 4.39 Å². The van der Waals surface area contributed by atoms with Crippen molar-refractivity contribution in [3.05, 3.63) is 35.1 Å². The molecule has 19 heavy (non-hydrogen) atoms. The third-order valence-electron chi connectivity index (χ3n) is 3.76. The van der Waals surface area contributed by atoms with Crippen molar-refractivity contribution in [3.8, 4) is 0 Å². The van der Waals surface area contributed by atoms with Crippen LogP contribution >= 0.6 is 0 Å². The predicted octanol–water partition coefficient (Wildman–Crippen LogP) is 0.995. The molecule has 1 amide bonds. The van der Waals surface area contributed by atoms with Gasteiger partial charge in [-0.25, -0.2) is 4.39 Å². The monoisotopic (exact) mass is 265 g/mol.